The lowest BCUT2D eigenvalue weighted by Gasteiger charge is -2.23. The van der Waals surface area contributed by atoms with Crippen LogP contribution in [0.5, 0.6) is 5.75 Å². The molecule has 0 aliphatic rings. The molecule has 0 heterocycles. The van der Waals surface area contributed by atoms with E-state index in [0.717, 1.165) is 5.56 Å². The molecule has 0 aromatic heterocycles. The zero-order valence-corrected chi connectivity index (χ0v) is 11.6. The molecule has 0 unspecified atom stereocenters. The highest BCUT2D eigenvalue weighted by Crippen LogP contribution is 2.18. The van der Waals surface area contributed by atoms with Crippen molar-refractivity contribution in [1.29, 1.82) is 0 Å². The van der Waals surface area contributed by atoms with Crippen LogP contribution in [0.1, 0.15) is 32.8 Å². The standard InChI is InChI=1S/C16H20O3/c1-12(2)15(18)19-16(3,4)11-5-6-13-7-9-14(17)10-8-13/h5-10,17H,1,11H2,2-4H3. The second-order valence-corrected chi connectivity index (χ2v) is 5.13. The van der Waals surface area contributed by atoms with Crippen LogP contribution in [0.25, 0.3) is 6.08 Å². The van der Waals surface area contributed by atoms with Crippen LogP contribution in [-0.2, 0) is 9.53 Å². The molecule has 0 saturated carbocycles. The molecular formula is C16H20O3. The molecule has 19 heavy (non-hydrogen) atoms. The summed E-state index contributed by atoms with van der Waals surface area (Å²) >= 11 is 0. The molecule has 0 atom stereocenters. The summed E-state index contributed by atoms with van der Waals surface area (Å²) in [5.41, 5.74) is 0.819. The predicted molar refractivity (Wildman–Crippen MR) is 76.7 cm³/mol. The molecule has 1 N–H and O–H groups in total. The maximum absolute atomic E-state index is 11.5. The van der Waals surface area contributed by atoms with E-state index >= 15 is 0 Å². The molecule has 102 valence electrons. The summed E-state index contributed by atoms with van der Waals surface area (Å²) in [5, 5.41) is 9.17. The van der Waals surface area contributed by atoms with Gasteiger partial charge in [-0.1, -0.05) is 30.9 Å². The maximum Gasteiger partial charge on any atom is 0.333 e. The Morgan fingerprint density at radius 1 is 1.37 bits per heavy atom. The molecule has 1 rings (SSSR count). The van der Waals surface area contributed by atoms with Gasteiger partial charge < -0.3 is 9.84 Å². The monoisotopic (exact) mass is 260 g/mol. The molecule has 0 spiro atoms. The molecule has 0 aliphatic carbocycles. The SMILES string of the molecule is C=C(C)C(=O)OC(C)(C)CC=Cc1ccc(O)cc1. The van der Waals surface area contributed by atoms with Crippen LogP contribution in [0.15, 0.2) is 42.5 Å². The fourth-order valence-corrected chi connectivity index (χ4v) is 1.44. The lowest BCUT2D eigenvalue weighted by molar-refractivity contribution is -0.151. The number of ether oxygens (including phenoxy) is 1. The fraction of sp³-hybridized carbons (Fsp3) is 0.312. The van der Waals surface area contributed by atoms with Crippen molar-refractivity contribution < 1.29 is 14.6 Å². The zero-order chi connectivity index (χ0) is 14.5. The van der Waals surface area contributed by atoms with Gasteiger partial charge in [0.1, 0.15) is 11.4 Å². The quantitative estimate of drug-likeness (QED) is 0.648. The minimum absolute atomic E-state index is 0.243. The molecule has 0 amide bonds. The third-order valence-corrected chi connectivity index (χ3v) is 2.53. The first-order chi connectivity index (χ1) is 8.80. The van der Waals surface area contributed by atoms with Crippen LogP contribution in [0.3, 0.4) is 0 Å². The molecule has 0 fully saturated rings. The molecule has 0 bridgehead atoms. The lowest BCUT2D eigenvalue weighted by atomic mass is 10.0. The summed E-state index contributed by atoms with van der Waals surface area (Å²) in [4.78, 5) is 11.5. The predicted octanol–water partition coefficient (Wildman–Crippen LogP) is 3.69. The summed E-state index contributed by atoms with van der Waals surface area (Å²) in [5.74, 6) is -0.129. The Kier molecular flexibility index (Phi) is 4.93. The number of benzene rings is 1. The molecule has 3 heteroatoms. The third kappa shape index (κ3) is 5.42. The Morgan fingerprint density at radius 3 is 2.47 bits per heavy atom. The van der Waals surface area contributed by atoms with E-state index in [-0.39, 0.29) is 11.7 Å². The molecule has 1 aromatic carbocycles. The second kappa shape index (κ2) is 6.23. The van der Waals surface area contributed by atoms with E-state index in [4.69, 9.17) is 4.74 Å². The zero-order valence-electron chi connectivity index (χ0n) is 11.6. The number of carbonyl (C=O) groups is 1. The van der Waals surface area contributed by atoms with Crippen molar-refractivity contribution in [1.82, 2.24) is 0 Å². The largest absolute Gasteiger partial charge is 0.508 e. The summed E-state index contributed by atoms with van der Waals surface area (Å²) in [6.45, 7) is 8.90. The summed E-state index contributed by atoms with van der Waals surface area (Å²) in [7, 11) is 0. The van der Waals surface area contributed by atoms with Crippen molar-refractivity contribution in [2.24, 2.45) is 0 Å². The first-order valence-electron chi connectivity index (χ1n) is 6.14. The highest BCUT2D eigenvalue weighted by molar-refractivity contribution is 5.87. The number of carbonyl (C=O) groups excluding carboxylic acids is 1. The molecule has 1 aromatic rings. The van der Waals surface area contributed by atoms with Gasteiger partial charge in [-0.25, -0.2) is 4.79 Å². The van der Waals surface area contributed by atoms with Crippen molar-refractivity contribution >= 4 is 12.0 Å². The Labute approximate surface area is 114 Å². The van der Waals surface area contributed by atoms with E-state index in [1.54, 1.807) is 19.1 Å². The number of hydrogen-bond acceptors (Lipinski definition) is 3. The molecule has 0 saturated heterocycles. The van der Waals surface area contributed by atoms with Gasteiger partial charge in [0.15, 0.2) is 0 Å². The van der Waals surface area contributed by atoms with E-state index in [1.807, 2.05) is 38.1 Å². The fourth-order valence-electron chi connectivity index (χ4n) is 1.44. The summed E-state index contributed by atoms with van der Waals surface area (Å²) in [6.07, 6.45) is 4.47. The number of phenols is 1. The average molecular weight is 260 g/mol. The van der Waals surface area contributed by atoms with E-state index in [2.05, 4.69) is 6.58 Å². The normalized spacial score (nSPS) is 11.5. The Morgan fingerprint density at radius 2 is 1.95 bits per heavy atom. The van der Waals surface area contributed by atoms with Crippen LogP contribution >= 0.6 is 0 Å². The van der Waals surface area contributed by atoms with Crippen molar-refractivity contribution in [2.75, 3.05) is 0 Å². The summed E-state index contributed by atoms with van der Waals surface area (Å²) < 4.78 is 5.33. The van der Waals surface area contributed by atoms with Crippen LogP contribution in [0.2, 0.25) is 0 Å². The Bertz CT molecular complexity index is 481. The molecular weight excluding hydrogens is 240 g/mol. The minimum atomic E-state index is -0.566. The summed E-state index contributed by atoms with van der Waals surface area (Å²) in [6, 6.07) is 6.90. The van der Waals surface area contributed by atoms with E-state index < -0.39 is 5.60 Å². The van der Waals surface area contributed by atoms with Gasteiger partial charge in [0.25, 0.3) is 0 Å². The van der Waals surface area contributed by atoms with E-state index in [1.165, 1.54) is 0 Å². The first kappa shape index (κ1) is 15.0. The van der Waals surface area contributed by atoms with Gasteiger partial charge in [-0.2, -0.15) is 0 Å². The van der Waals surface area contributed by atoms with E-state index in [9.17, 15) is 9.90 Å². The van der Waals surface area contributed by atoms with Crippen LogP contribution in [0.4, 0.5) is 0 Å². The van der Waals surface area contributed by atoms with Gasteiger partial charge in [0.2, 0.25) is 0 Å². The number of phenolic OH excluding ortho intramolecular Hbond substituents is 1. The van der Waals surface area contributed by atoms with Crippen molar-refractivity contribution in [3.8, 4) is 5.75 Å². The van der Waals surface area contributed by atoms with Crippen LogP contribution in [-0.4, -0.2) is 16.7 Å². The number of hydrogen-bond donors (Lipinski definition) is 1. The minimum Gasteiger partial charge on any atom is -0.508 e. The van der Waals surface area contributed by atoms with Gasteiger partial charge in [-0.05, 0) is 38.5 Å². The lowest BCUT2D eigenvalue weighted by Crippen LogP contribution is -2.27. The smallest absolute Gasteiger partial charge is 0.333 e. The van der Waals surface area contributed by atoms with Gasteiger partial charge in [0, 0.05) is 12.0 Å². The molecule has 0 aliphatic heterocycles. The van der Waals surface area contributed by atoms with Crippen molar-refractivity contribution in [3.05, 3.63) is 48.1 Å². The Hall–Kier alpha value is -2.03. The molecule has 0 radical (unpaired) electrons. The van der Waals surface area contributed by atoms with Gasteiger partial charge in [-0.3, -0.25) is 0 Å². The Balaban J connectivity index is 2.57. The number of aromatic hydroxyl groups is 1. The van der Waals surface area contributed by atoms with Crippen molar-refractivity contribution in [3.63, 3.8) is 0 Å². The molecule has 3 nitrogen and oxygen atoms in total. The maximum atomic E-state index is 11.5. The van der Waals surface area contributed by atoms with E-state index in [0.29, 0.717) is 12.0 Å². The topological polar surface area (TPSA) is 46.5 Å². The van der Waals surface area contributed by atoms with Crippen LogP contribution < -0.4 is 0 Å². The van der Waals surface area contributed by atoms with Crippen molar-refractivity contribution in [2.45, 2.75) is 32.8 Å². The van der Waals surface area contributed by atoms with Gasteiger partial charge in [-0.15, -0.1) is 0 Å². The highest BCUT2D eigenvalue weighted by Gasteiger charge is 2.21. The average Bonchev–Trinajstić information content (AvgIpc) is 2.30. The number of esters is 1. The van der Waals surface area contributed by atoms with Crippen LogP contribution in [0, 0.1) is 0 Å². The van der Waals surface area contributed by atoms with Gasteiger partial charge >= 0.3 is 5.97 Å². The highest BCUT2D eigenvalue weighted by atomic mass is 16.6. The number of rotatable bonds is 5. The second-order valence-electron chi connectivity index (χ2n) is 5.13. The van der Waals surface area contributed by atoms with Gasteiger partial charge in [0.05, 0.1) is 0 Å². The first-order valence-corrected chi connectivity index (χ1v) is 6.14. The third-order valence-electron chi connectivity index (χ3n) is 2.53.